The summed E-state index contributed by atoms with van der Waals surface area (Å²) in [5.41, 5.74) is 21.2. The van der Waals surface area contributed by atoms with Gasteiger partial charge in [-0.2, -0.15) is 0 Å². The molecule has 388 valence electrons. The van der Waals surface area contributed by atoms with Crippen LogP contribution in [0.3, 0.4) is 0 Å². The summed E-state index contributed by atoms with van der Waals surface area (Å²) in [5, 5.41) is 19.3. The maximum absolute atomic E-state index is 11.7. The molecular formula is C62H80N6O4S. The van der Waals surface area contributed by atoms with Crippen molar-refractivity contribution in [3.8, 4) is 0 Å². The van der Waals surface area contributed by atoms with Gasteiger partial charge in [0.05, 0.1) is 6.26 Å². The minimum Gasteiger partial charge on any atom is -0.399 e. The highest BCUT2D eigenvalue weighted by atomic mass is 32.2. The molecule has 6 aromatic carbocycles. The van der Waals surface area contributed by atoms with Crippen LogP contribution in [0, 0.1) is 0 Å². The number of aliphatic hydroxyl groups is 2. The SMILES string of the molecule is C.CC(C)N1CCN(c2ccc(/C(=C(/CCCO)c3ccccc3)c3ccc(N)cc3)cc2)CC1.CC(C)N1CCN(c2ccc(/C(=C(/CCCO)c3ccccc3)c3ccc(NS(C)(=O)=O)cc3)cc2)CC1. The highest BCUT2D eigenvalue weighted by Crippen LogP contribution is 2.38. The molecule has 2 aliphatic rings. The quantitative estimate of drug-likeness (QED) is 0.0492. The van der Waals surface area contributed by atoms with Gasteiger partial charge in [0.15, 0.2) is 0 Å². The summed E-state index contributed by atoms with van der Waals surface area (Å²) in [7, 11) is -3.36. The summed E-state index contributed by atoms with van der Waals surface area (Å²) in [4.78, 5) is 9.99. The number of rotatable bonds is 18. The highest BCUT2D eigenvalue weighted by Gasteiger charge is 2.22. The van der Waals surface area contributed by atoms with Crippen molar-refractivity contribution in [2.45, 2.75) is 72.9 Å². The molecule has 2 aliphatic heterocycles. The van der Waals surface area contributed by atoms with Crippen LogP contribution in [-0.4, -0.2) is 112 Å². The number of piperazine rings is 2. The maximum atomic E-state index is 11.7. The Morgan fingerprint density at radius 2 is 0.822 bits per heavy atom. The lowest BCUT2D eigenvalue weighted by molar-refractivity contribution is 0.209. The van der Waals surface area contributed by atoms with E-state index in [0.29, 0.717) is 24.2 Å². The van der Waals surface area contributed by atoms with Gasteiger partial charge >= 0.3 is 0 Å². The van der Waals surface area contributed by atoms with Crippen LogP contribution in [0.2, 0.25) is 0 Å². The minimum atomic E-state index is -3.36. The van der Waals surface area contributed by atoms with Gasteiger partial charge in [-0.05, 0) is 158 Å². The zero-order chi connectivity index (χ0) is 51.0. The predicted octanol–water partition coefficient (Wildman–Crippen LogP) is 11.5. The molecule has 10 nitrogen and oxygen atoms in total. The summed E-state index contributed by atoms with van der Waals surface area (Å²) in [6, 6.07) is 55.4. The number of anilines is 4. The third-order valence-corrected chi connectivity index (χ3v) is 14.4. The van der Waals surface area contributed by atoms with Gasteiger partial charge in [-0.15, -0.1) is 0 Å². The third kappa shape index (κ3) is 15.7. The summed E-state index contributed by atoms with van der Waals surface area (Å²) < 4.78 is 26.0. The van der Waals surface area contributed by atoms with E-state index >= 15 is 0 Å². The predicted molar refractivity (Wildman–Crippen MR) is 311 cm³/mol. The minimum absolute atomic E-state index is 0. The average molecular weight is 1010 g/mol. The first kappa shape index (κ1) is 56.1. The van der Waals surface area contributed by atoms with Crippen LogP contribution in [0.25, 0.3) is 22.3 Å². The van der Waals surface area contributed by atoms with E-state index in [2.05, 4.69) is 149 Å². The number of benzene rings is 6. The van der Waals surface area contributed by atoms with Crippen LogP contribution < -0.4 is 20.3 Å². The van der Waals surface area contributed by atoms with Crippen molar-refractivity contribution < 1.29 is 18.6 Å². The smallest absolute Gasteiger partial charge is 0.229 e. The van der Waals surface area contributed by atoms with E-state index in [4.69, 9.17) is 5.73 Å². The molecule has 0 radical (unpaired) electrons. The second-order valence-corrected chi connectivity index (χ2v) is 21.2. The molecule has 0 aliphatic carbocycles. The average Bonchev–Trinajstić information content (AvgIpc) is 3.40. The molecule has 8 rings (SSSR count). The number of hydrogen-bond donors (Lipinski definition) is 4. The van der Waals surface area contributed by atoms with E-state index in [1.807, 2.05) is 48.5 Å². The van der Waals surface area contributed by atoms with Crippen LogP contribution >= 0.6 is 0 Å². The fourth-order valence-electron chi connectivity index (χ4n) is 9.89. The molecule has 0 aromatic heterocycles. The largest absolute Gasteiger partial charge is 0.399 e. The molecule has 2 saturated heterocycles. The van der Waals surface area contributed by atoms with E-state index in [1.165, 1.54) is 33.6 Å². The number of sulfonamides is 1. The Morgan fingerprint density at radius 3 is 1.14 bits per heavy atom. The Labute approximate surface area is 437 Å². The number of hydrogen-bond acceptors (Lipinski definition) is 9. The van der Waals surface area contributed by atoms with Gasteiger partial charge in [0.25, 0.3) is 0 Å². The zero-order valence-electron chi connectivity index (χ0n) is 43.1. The molecule has 0 unspecified atom stereocenters. The molecular weight excluding hydrogens is 925 g/mol. The highest BCUT2D eigenvalue weighted by molar-refractivity contribution is 7.92. The van der Waals surface area contributed by atoms with Gasteiger partial charge in [0.2, 0.25) is 10.0 Å². The Morgan fingerprint density at radius 1 is 0.493 bits per heavy atom. The van der Waals surface area contributed by atoms with E-state index < -0.39 is 10.0 Å². The van der Waals surface area contributed by atoms with Crippen molar-refractivity contribution in [2.24, 2.45) is 0 Å². The van der Waals surface area contributed by atoms with Gasteiger partial charge in [-0.1, -0.05) is 117 Å². The Kier molecular flexibility index (Phi) is 20.9. The second kappa shape index (κ2) is 27.2. The van der Waals surface area contributed by atoms with Crippen LogP contribution in [0.5, 0.6) is 0 Å². The Balaban J connectivity index is 0.000000236. The molecule has 0 bridgehead atoms. The number of allylic oxidation sites excluding steroid dienone is 2. The fraction of sp³-hybridized carbons (Fsp3) is 0.355. The van der Waals surface area contributed by atoms with Crippen LogP contribution in [-0.2, 0) is 10.0 Å². The van der Waals surface area contributed by atoms with E-state index in [0.717, 1.165) is 117 Å². The number of nitrogens with two attached hydrogens (primary N) is 1. The molecule has 0 saturated carbocycles. The van der Waals surface area contributed by atoms with Gasteiger partial charge in [0, 0.05) is 100 Å². The monoisotopic (exact) mass is 1000 g/mol. The third-order valence-electron chi connectivity index (χ3n) is 13.8. The summed E-state index contributed by atoms with van der Waals surface area (Å²) >= 11 is 0. The van der Waals surface area contributed by atoms with Gasteiger partial charge in [-0.25, -0.2) is 8.42 Å². The zero-order valence-corrected chi connectivity index (χ0v) is 43.9. The first-order valence-electron chi connectivity index (χ1n) is 25.7. The first-order chi connectivity index (χ1) is 34.8. The molecule has 0 amide bonds. The lowest BCUT2D eigenvalue weighted by Crippen LogP contribution is -2.48. The molecule has 2 heterocycles. The Bertz CT molecular complexity index is 2760. The van der Waals surface area contributed by atoms with Gasteiger partial charge < -0.3 is 25.7 Å². The first-order valence-corrected chi connectivity index (χ1v) is 27.6. The van der Waals surface area contributed by atoms with Crippen LogP contribution in [0.15, 0.2) is 158 Å². The van der Waals surface area contributed by atoms with Crippen molar-refractivity contribution in [1.82, 2.24) is 9.80 Å². The molecule has 73 heavy (non-hydrogen) atoms. The summed E-state index contributed by atoms with van der Waals surface area (Å²) in [5.74, 6) is 0. The fourth-order valence-corrected chi connectivity index (χ4v) is 10.5. The second-order valence-electron chi connectivity index (χ2n) is 19.5. The van der Waals surface area contributed by atoms with Gasteiger partial charge in [0.1, 0.15) is 0 Å². The normalized spacial score (nSPS) is 15.2. The summed E-state index contributed by atoms with van der Waals surface area (Å²) in [6.07, 6.45) is 4.05. The topological polar surface area (TPSA) is 126 Å². The van der Waals surface area contributed by atoms with Crippen LogP contribution in [0.1, 0.15) is 94.2 Å². The van der Waals surface area contributed by atoms with Gasteiger partial charge in [-0.3, -0.25) is 14.5 Å². The van der Waals surface area contributed by atoms with Crippen molar-refractivity contribution in [2.75, 3.05) is 92.1 Å². The molecule has 2 fully saturated rings. The number of aliphatic hydroxyl groups excluding tert-OH is 2. The molecule has 0 atom stereocenters. The Hall–Kier alpha value is -6.21. The standard InChI is InChI=1S/C31H39N3O3S.C30H37N3O.CH4/c1-24(2)33-19-21-34(22-20-33)29-17-13-27(14-18-29)31(26-11-15-28(16-12-26)32-38(3,36)37)30(10-7-23-35)25-8-5-4-6-9-25;1-23(2)32-18-20-33(21-19-32)28-16-12-26(13-17-28)30(25-10-14-27(31)15-11-25)29(9-6-22-34)24-7-4-3-5-8-24;/h4-6,8-9,11-18,24,32,35H,7,10,19-23H2,1-3H3;3-5,7-8,10-17,23,34H,6,9,18-22,31H2,1-2H3;1H4/b31-30-;30-29-;. The van der Waals surface area contributed by atoms with Crippen molar-refractivity contribution in [1.29, 1.82) is 0 Å². The number of nitrogens with zero attached hydrogens (tertiary/aromatic N) is 4. The summed E-state index contributed by atoms with van der Waals surface area (Å²) in [6.45, 7) is 17.8. The number of nitrogens with one attached hydrogen (secondary N) is 1. The van der Waals surface area contributed by atoms with Crippen molar-refractivity contribution in [3.63, 3.8) is 0 Å². The van der Waals surface area contributed by atoms with E-state index in [9.17, 15) is 18.6 Å². The van der Waals surface area contributed by atoms with Crippen molar-refractivity contribution >= 4 is 55.1 Å². The molecule has 5 N–H and O–H groups in total. The van der Waals surface area contributed by atoms with Crippen molar-refractivity contribution in [3.05, 3.63) is 191 Å². The van der Waals surface area contributed by atoms with Crippen LogP contribution in [0.4, 0.5) is 22.7 Å². The molecule has 6 aromatic rings. The number of nitrogen functional groups attached to an aromatic ring is 1. The lowest BCUT2D eigenvalue weighted by Gasteiger charge is -2.38. The maximum Gasteiger partial charge on any atom is 0.229 e. The molecule has 0 spiro atoms. The molecule has 11 heteroatoms. The lowest BCUT2D eigenvalue weighted by atomic mass is 9.87. The van der Waals surface area contributed by atoms with E-state index in [-0.39, 0.29) is 20.6 Å². The van der Waals surface area contributed by atoms with E-state index in [1.54, 1.807) is 12.1 Å².